The first-order valence-electron chi connectivity index (χ1n) is 15.4. The largest absolute Gasteiger partial charge is 0.377 e. The Hall–Kier alpha value is -1.58. The zero-order valence-electron chi connectivity index (χ0n) is 26.0. The molecule has 3 atom stereocenters. The van der Waals surface area contributed by atoms with Crippen LogP contribution in [0.15, 0.2) is 36.4 Å². The topological polar surface area (TPSA) is 73.8 Å². The highest BCUT2D eigenvalue weighted by molar-refractivity contribution is 6.83. The zero-order chi connectivity index (χ0) is 29.7. The highest BCUT2D eigenvalue weighted by Crippen LogP contribution is 2.40. The molecular weight excluding hydrogens is 552 g/mol. The Bertz CT molecular complexity index is 921. The molecular formula is C33H52O8Si. The maximum atomic E-state index is 6.15. The fraction of sp³-hybridized carbons (Fsp3) is 0.697. The molecule has 0 radical (unpaired) electrons. The number of ether oxygens (including phenoxy) is 8. The molecule has 9 heteroatoms. The number of fused-ring (bicyclic) bond motifs is 2. The van der Waals surface area contributed by atoms with Crippen LogP contribution in [-0.4, -0.2) is 100 Å². The summed E-state index contributed by atoms with van der Waals surface area (Å²) < 4.78 is 44.9. The van der Waals surface area contributed by atoms with Crippen molar-refractivity contribution < 1.29 is 37.9 Å². The van der Waals surface area contributed by atoms with Crippen molar-refractivity contribution in [2.45, 2.75) is 51.8 Å². The zero-order valence-corrected chi connectivity index (χ0v) is 27.0. The molecule has 0 aromatic heterocycles. The molecule has 0 amide bonds. The monoisotopic (exact) mass is 604 g/mol. The SMILES string of the molecule is C[Si](C)(C)C#CCOCCOCCOCCOCCOCCOCCOCc1ccc(COC2CC3C=CC2C3)cc1. The van der Waals surface area contributed by atoms with Crippen molar-refractivity contribution in [2.75, 3.05) is 85.9 Å². The van der Waals surface area contributed by atoms with Crippen LogP contribution in [0.3, 0.4) is 0 Å². The standard InChI is InChI=1S/C33H52O8Si/c1-42(2,3)24-4-11-34-12-13-35-14-15-36-16-17-37-18-19-38-20-21-39-22-23-40-27-29-5-7-30(8-6-29)28-41-33-26-31-9-10-32(33)25-31/h5-10,31-33H,11-23,25-28H2,1-3H3. The summed E-state index contributed by atoms with van der Waals surface area (Å²) in [5.41, 5.74) is 5.64. The molecule has 8 nitrogen and oxygen atoms in total. The van der Waals surface area contributed by atoms with Gasteiger partial charge in [-0.3, -0.25) is 0 Å². The van der Waals surface area contributed by atoms with Crippen LogP contribution in [0.5, 0.6) is 0 Å². The predicted molar refractivity (Wildman–Crippen MR) is 166 cm³/mol. The molecule has 0 aliphatic heterocycles. The summed E-state index contributed by atoms with van der Waals surface area (Å²) in [4.78, 5) is 0. The fourth-order valence-corrected chi connectivity index (χ4v) is 5.29. The van der Waals surface area contributed by atoms with Gasteiger partial charge in [-0.05, 0) is 29.9 Å². The molecule has 0 heterocycles. The second-order valence-electron chi connectivity index (χ2n) is 11.7. The van der Waals surface area contributed by atoms with Crippen LogP contribution in [0.25, 0.3) is 0 Å². The Morgan fingerprint density at radius 2 is 1.07 bits per heavy atom. The van der Waals surface area contributed by atoms with E-state index in [-0.39, 0.29) is 0 Å². The second-order valence-corrected chi connectivity index (χ2v) is 16.4. The first-order chi connectivity index (χ1) is 20.5. The lowest BCUT2D eigenvalue weighted by molar-refractivity contribution is -0.0204. The van der Waals surface area contributed by atoms with Crippen LogP contribution < -0.4 is 0 Å². The third-order valence-corrected chi connectivity index (χ3v) is 7.77. The number of hydrogen-bond donors (Lipinski definition) is 0. The van der Waals surface area contributed by atoms with Crippen LogP contribution in [0, 0.1) is 23.3 Å². The van der Waals surface area contributed by atoms with E-state index in [1.165, 1.54) is 18.4 Å². The average Bonchev–Trinajstić information content (AvgIpc) is 3.60. The van der Waals surface area contributed by atoms with Gasteiger partial charge in [-0.25, -0.2) is 0 Å². The second kappa shape index (κ2) is 21.2. The highest BCUT2D eigenvalue weighted by Gasteiger charge is 2.36. The van der Waals surface area contributed by atoms with Gasteiger partial charge in [-0.2, -0.15) is 0 Å². The molecule has 236 valence electrons. The van der Waals surface area contributed by atoms with E-state index in [0.717, 1.165) is 11.5 Å². The van der Waals surface area contributed by atoms with Gasteiger partial charge in [0, 0.05) is 5.92 Å². The van der Waals surface area contributed by atoms with Crippen molar-refractivity contribution in [3.8, 4) is 11.5 Å². The quantitative estimate of drug-likeness (QED) is 0.0730. The van der Waals surface area contributed by atoms with E-state index in [4.69, 9.17) is 37.9 Å². The molecule has 2 bridgehead atoms. The summed E-state index contributed by atoms with van der Waals surface area (Å²) in [5, 5.41) is 0. The van der Waals surface area contributed by atoms with E-state index in [0.29, 0.717) is 111 Å². The lowest BCUT2D eigenvalue weighted by Crippen LogP contribution is -2.17. The molecule has 1 saturated carbocycles. The molecule has 3 unspecified atom stereocenters. The molecule has 1 aromatic rings. The van der Waals surface area contributed by atoms with Crippen LogP contribution >= 0.6 is 0 Å². The maximum Gasteiger partial charge on any atom is 0.129 e. The van der Waals surface area contributed by atoms with E-state index in [9.17, 15) is 0 Å². The van der Waals surface area contributed by atoms with Gasteiger partial charge in [0.25, 0.3) is 0 Å². The molecule has 0 saturated heterocycles. The van der Waals surface area contributed by atoms with E-state index in [2.05, 4.69) is 67.5 Å². The smallest absolute Gasteiger partial charge is 0.129 e. The van der Waals surface area contributed by atoms with E-state index < -0.39 is 8.07 Å². The van der Waals surface area contributed by atoms with Crippen molar-refractivity contribution in [3.63, 3.8) is 0 Å². The summed E-state index contributed by atoms with van der Waals surface area (Å²) >= 11 is 0. The molecule has 1 fully saturated rings. The van der Waals surface area contributed by atoms with Gasteiger partial charge in [-0.1, -0.05) is 62.0 Å². The lowest BCUT2D eigenvalue weighted by Gasteiger charge is -2.19. The van der Waals surface area contributed by atoms with Crippen molar-refractivity contribution in [1.29, 1.82) is 0 Å². The highest BCUT2D eigenvalue weighted by atomic mass is 28.3. The van der Waals surface area contributed by atoms with E-state index in [1.807, 2.05) is 0 Å². The average molecular weight is 605 g/mol. The van der Waals surface area contributed by atoms with Gasteiger partial charge >= 0.3 is 0 Å². The van der Waals surface area contributed by atoms with E-state index in [1.54, 1.807) is 0 Å². The maximum absolute atomic E-state index is 6.15. The predicted octanol–water partition coefficient (Wildman–Crippen LogP) is 4.66. The van der Waals surface area contributed by atoms with Crippen molar-refractivity contribution in [2.24, 2.45) is 11.8 Å². The van der Waals surface area contributed by atoms with Crippen LogP contribution in [-0.2, 0) is 51.1 Å². The van der Waals surface area contributed by atoms with Crippen LogP contribution in [0.4, 0.5) is 0 Å². The number of hydrogen-bond acceptors (Lipinski definition) is 8. The molecule has 1 aromatic carbocycles. The summed E-state index contributed by atoms with van der Waals surface area (Å²) in [6.07, 6.45) is 7.52. The summed E-state index contributed by atoms with van der Waals surface area (Å²) in [7, 11) is -1.31. The fourth-order valence-electron chi connectivity index (χ4n) is 4.69. The molecule has 2 aliphatic rings. The van der Waals surface area contributed by atoms with Crippen molar-refractivity contribution >= 4 is 8.07 Å². The lowest BCUT2D eigenvalue weighted by atomic mass is 10.0. The normalized spacial score (nSPS) is 19.4. The van der Waals surface area contributed by atoms with Gasteiger partial charge in [0.1, 0.15) is 14.7 Å². The number of allylic oxidation sites excluding steroid dienone is 1. The number of rotatable bonds is 24. The van der Waals surface area contributed by atoms with Gasteiger partial charge < -0.3 is 37.9 Å². The summed E-state index contributed by atoms with van der Waals surface area (Å²) in [5.74, 6) is 4.44. The minimum atomic E-state index is -1.31. The van der Waals surface area contributed by atoms with Gasteiger partial charge in [0.15, 0.2) is 0 Å². The van der Waals surface area contributed by atoms with Crippen LogP contribution in [0.1, 0.15) is 24.0 Å². The third kappa shape index (κ3) is 16.3. The summed E-state index contributed by atoms with van der Waals surface area (Å²) in [6.45, 7) is 14.9. The van der Waals surface area contributed by atoms with E-state index >= 15 is 0 Å². The minimum absolute atomic E-state index is 0.395. The van der Waals surface area contributed by atoms with Gasteiger partial charge in [-0.15, -0.1) is 5.54 Å². The first-order valence-corrected chi connectivity index (χ1v) is 18.9. The Balaban J connectivity index is 0.993. The Morgan fingerprint density at radius 1 is 0.595 bits per heavy atom. The van der Waals surface area contributed by atoms with Crippen molar-refractivity contribution in [1.82, 2.24) is 0 Å². The summed E-state index contributed by atoms with van der Waals surface area (Å²) in [6, 6.07) is 8.49. The van der Waals surface area contributed by atoms with Crippen LogP contribution in [0.2, 0.25) is 19.6 Å². The first kappa shape index (κ1) is 34.9. The molecule has 42 heavy (non-hydrogen) atoms. The minimum Gasteiger partial charge on any atom is -0.377 e. The Labute approximate surface area is 254 Å². The Morgan fingerprint density at radius 3 is 1.52 bits per heavy atom. The molecule has 3 rings (SSSR count). The third-order valence-electron chi connectivity index (χ3n) is 6.84. The molecule has 0 N–H and O–H groups in total. The molecule has 0 spiro atoms. The van der Waals surface area contributed by atoms with Crippen molar-refractivity contribution in [3.05, 3.63) is 47.5 Å². The molecule has 2 aliphatic carbocycles. The number of benzene rings is 1. The van der Waals surface area contributed by atoms with Gasteiger partial charge in [0.05, 0.1) is 98.6 Å². The van der Waals surface area contributed by atoms with Gasteiger partial charge in [0.2, 0.25) is 0 Å². The Kier molecular flexibility index (Phi) is 17.6.